The van der Waals surface area contributed by atoms with Gasteiger partial charge in [-0.3, -0.25) is 0 Å². The molecule has 4 nitrogen and oxygen atoms in total. The molecular formula is C20H27N3O. The van der Waals surface area contributed by atoms with Gasteiger partial charge in [-0.2, -0.15) is 0 Å². The largest absolute Gasteiger partial charge is 0.491 e. The summed E-state index contributed by atoms with van der Waals surface area (Å²) in [4.78, 5) is 8.99. The summed E-state index contributed by atoms with van der Waals surface area (Å²) < 4.78 is 5.76. The van der Waals surface area contributed by atoms with Crippen molar-refractivity contribution in [3.63, 3.8) is 0 Å². The summed E-state index contributed by atoms with van der Waals surface area (Å²) in [6, 6.07) is 8.58. The zero-order valence-corrected chi connectivity index (χ0v) is 14.8. The summed E-state index contributed by atoms with van der Waals surface area (Å²) in [6.07, 6.45) is 8.93. The number of aromatic nitrogens is 2. The second-order valence-corrected chi connectivity index (χ2v) is 7.09. The summed E-state index contributed by atoms with van der Waals surface area (Å²) >= 11 is 0. The highest BCUT2D eigenvalue weighted by molar-refractivity contribution is 5.63. The van der Waals surface area contributed by atoms with Gasteiger partial charge in [0.05, 0.1) is 6.10 Å². The fourth-order valence-corrected chi connectivity index (χ4v) is 3.16. The first kappa shape index (κ1) is 16.7. The van der Waals surface area contributed by atoms with Crippen LogP contribution in [0.1, 0.15) is 46.5 Å². The number of hydrogen-bond acceptors (Lipinski definition) is 4. The number of ether oxygens (including phenoxy) is 1. The van der Waals surface area contributed by atoms with Gasteiger partial charge < -0.3 is 10.1 Å². The minimum Gasteiger partial charge on any atom is -0.491 e. The molecule has 1 aliphatic rings. The molecule has 0 spiro atoms. The summed E-state index contributed by atoms with van der Waals surface area (Å²) in [7, 11) is 0. The number of anilines is 1. The number of rotatable bonds is 5. The zero-order valence-electron chi connectivity index (χ0n) is 14.8. The Bertz CT molecular complexity index is 646. The molecule has 3 rings (SSSR count). The Morgan fingerprint density at radius 3 is 2.42 bits per heavy atom. The molecule has 1 N–H and O–H groups in total. The van der Waals surface area contributed by atoms with Crippen molar-refractivity contribution < 1.29 is 4.74 Å². The van der Waals surface area contributed by atoms with Crippen molar-refractivity contribution in [2.75, 3.05) is 5.32 Å². The van der Waals surface area contributed by atoms with E-state index in [0.717, 1.165) is 28.7 Å². The van der Waals surface area contributed by atoms with Gasteiger partial charge in [0.1, 0.15) is 5.75 Å². The Morgan fingerprint density at radius 2 is 1.75 bits per heavy atom. The van der Waals surface area contributed by atoms with Crippen molar-refractivity contribution in [1.29, 1.82) is 0 Å². The predicted molar refractivity (Wildman–Crippen MR) is 98.3 cm³/mol. The van der Waals surface area contributed by atoms with E-state index in [1.165, 1.54) is 25.7 Å². The lowest BCUT2D eigenvalue weighted by molar-refractivity contribution is 0.242. The summed E-state index contributed by atoms with van der Waals surface area (Å²) in [6.45, 7) is 6.39. The van der Waals surface area contributed by atoms with Crippen LogP contribution in [0.4, 0.5) is 5.95 Å². The maximum Gasteiger partial charge on any atom is 0.222 e. The standard InChI is InChI=1S/C20H27N3O/c1-14(2)24-19-6-4-5-16(11-19)17-12-21-20(22-13-17)23-18-9-7-15(3)8-10-18/h4-6,11-15,18H,7-10H2,1-3H3,(H,21,22,23). The molecule has 1 aromatic carbocycles. The molecule has 0 saturated heterocycles. The van der Waals surface area contributed by atoms with Gasteiger partial charge >= 0.3 is 0 Å². The van der Waals surface area contributed by atoms with E-state index in [1.54, 1.807) is 0 Å². The van der Waals surface area contributed by atoms with Gasteiger partial charge in [-0.25, -0.2) is 9.97 Å². The van der Waals surface area contributed by atoms with Gasteiger partial charge in [0.2, 0.25) is 5.95 Å². The maximum absolute atomic E-state index is 5.76. The molecule has 1 aliphatic carbocycles. The molecule has 0 radical (unpaired) electrons. The molecule has 2 aromatic rings. The van der Waals surface area contributed by atoms with Crippen molar-refractivity contribution in [3.05, 3.63) is 36.7 Å². The van der Waals surface area contributed by atoms with Crippen molar-refractivity contribution in [2.24, 2.45) is 5.92 Å². The number of hydrogen-bond donors (Lipinski definition) is 1. The molecule has 0 amide bonds. The fourth-order valence-electron chi connectivity index (χ4n) is 3.16. The average Bonchev–Trinajstić information content (AvgIpc) is 2.57. The van der Waals surface area contributed by atoms with Crippen LogP contribution in [0.5, 0.6) is 5.75 Å². The molecule has 24 heavy (non-hydrogen) atoms. The minimum atomic E-state index is 0.168. The van der Waals surface area contributed by atoms with Gasteiger partial charge in [0, 0.05) is 24.0 Å². The summed E-state index contributed by atoms with van der Waals surface area (Å²) in [5.74, 6) is 2.46. The molecule has 0 bridgehead atoms. The highest BCUT2D eigenvalue weighted by Crippen LogP contribution is 2.26. The second kappa shape index (κ2) is 7.65. The van der Waals surface area contributed by atoms with Crippen LogP contribution in [0.2, 0.25) is 0 Å². The van der Waals surface area contributed by atoms with Crippen LogP contribution in [0, 0.1) is 5.92 Å². The van der Waals surface area contributed by atoms with Gasteiger partial charge in [-0.15, -0.1) is 0 Å². The van der Waals surface area contributed by atoms with E-state index in [9.17, 15) is 0 Å². The Morgan fingerprint density at radius 1 is 1.04 bits per heavy atom. The lowest BCUT2D eigenvalue weighted by Gasteiger charge is -2.26. The molecule has 4 heteroatoms. The lowest BCUT2D eigenvalue weighted by atomic mass is 9.87. The van der Waals surface area contributed by atoms with Gasteiger partial charge in [-0.1, -0.05) is 19.1 Å². The number of benzene rings is 1. The van der Waals surface area contributed by atoms with Crippen LogP contribution < -0.4 is 10.1 Å². The van der Waals surface area contributed by atoms with Gasteiger partial charge in [0.15, 0.2) is 0 Å². The molecule has 1 saturated carbocycles. The van der Waals surface area contributed by atoms with E-state index >= 15 is 0 Å². The monoisotopic (exact) mass is 325 g/mol. The van der Waals surface area contributed by atoms with Crippen LogP contribution in [-0.4, -0.2) is 22.1 Å². The first-order chi connectivity index (χ1) is 11.6. The number of nitrogens with one attached hydrogen (secondary N) is 1. The molecular weight excluding hydrogens is 298 g/mol. The topological polar surface area (TPSA) is 47.0 Å². The molecule has 0 aliphatic heterocycles. The van der Waals surface area contributed by atoms with E-state index in [1.807, 2.05) is 44.4 Å². The SMILES string of the molecule is CC1CCC(Nc2ncc(-c3cccc(OC(C)C)c3)cn2)CC1. The Hall–Kier alpha value is -2.10. The van der Waals surface area contributed by atoms with Crippen molar-refractivity contribution >= 4 is 5.95 Å². The normalized spacial score (nSPS) is 20.8. The van der Waals surface area contributed by atoms with Crippen LogP contribution in [0.3, 0.4) is 0 Å². The maximum atomic E-state index is 5.76. The van der Waals surface area contributed by atoms with E-state index in [-0.39, 0.29) is 6.10 Å². The zero-order chi connectivity index (χ0) is 16.9. The number of nitrogens with zero attached hydrogens (tertiary/aromatic N) is 2. The van der Waals surface area contributed by atoms with Crippen molar-refractivity contribution in [2.45, 2.75) is 58.6 Å². The molecule has 1 aromatic heterocycles. The third-order valence-electron chi connectivity index (χ3n) is 4.54. The highest BCUT2D eigenvalue weighted by atomic mass is 16.5. The van der Waals surface area contributed by atoms with Crippen molar-refractivity contribution in [3.8, 4) is 16.9 Å². The van der Waals surface area contributed by atoms with Gasteiger partial charge in [-0.05, 0) is 63.1 Å². The molecule has 1 fully saturated rings. The van der Waals surface area contributed by atoms with E-state index in [2.05, 4.69) is 28.3 Å². The summed E-state index contributed by atoms with van der Waals surface area (Å²) in [5.41, 5.74) is 2.08. The Balaban J connectivity index is 1.66. The molecule has 128 valence electrons. The summed E-state index contributed by atoms with van der Waals surface area (Å²) in [5, 5.41) is 3.47. The second-order valence-electron chi connectivity index (χ2n) is 7.09. The Labute approximate surface area is 144 Å². The Kier molecular flexibility index (Phi) is 5.34. The third kappa shape index (κ3) is 4.47. The lowest BCUT2D eigenvalue weighted by Crippen LogP contribution is -2.26. The molecule has 0 unspecified atom stereocenters. The van der Waals surface area contributed by atoms with E-state index < -0.39 is 0 Å². The van der Waals surface area contributed by atoms with E-state index in [4.69, 9.17) is 4.74 Å². The van der Waals surface area contributed by atoms with Crippen molar-refractivity contribution in [1.82, 2.24) is 9.97 Å². The third-order valence-corrected chi connectivity index (χ3v) is 4.54. The predicted octanol–water partition coefficient (Wildman–Crippen LogP) is 4.92. The molecule has 1 heterocycles. The highest BCUT2D eigenvalue weighted by Gasteiger charge is 2.18. The fraction of sp³-hybridized carbons (Fsp3) is 0.500. The first-order valence-corrected chi connectivity index (χ1v) is 8.96. The molecule has 0 atom stereocenters. The van der Waals surface area contributed by atoms with Crippen LogP contribution in [0.25, 0.3) is 11.1 Å². The van der Waals surface area contributed by atoms with Gasteiger partial charge in [0.25, 0.3) is 0 Å². The van der Waals surface area contributed by atoms with Crippen LogP contribution in [0.15, 0.2) is 36.7 Å². The average molecular weight is 325 g/mol. The first-order valence-electron chi connectivity index (χ1n) is 8.96. The van der Waals surface area contributed by atoms with Crippen LogP contribution in [-0.2, 0) is 0 Å². The quantitative estimate of drug-likeness (QED) is 0.847. The minimum absolute atomic E-state index is 0.168. The van der Waals surface area contributed by atoms with E-state index in [0.29, 0.717) is 6.04 Å². The smallest absolute Gasteiger partial charge is 0.222 e. The van der Waals surface area contributed by atoms with Crippen LogP contribution >= 0.6 is 0 Å².